The number of hydrogen-bond donors (Lipinski definition) is 2. The third-order valence-corrected chi connectivity index (χ3v) is 5.23. The topological polar surface area (TPSA) is 66.4 Å². The Bertz CT molecular complexity index is 537. The molecule has 4 rings (SSSR count). The quantitative estimate of drug-likeness (QED) is 0.836. The molecular formula is C15H17NO3S. The molecule has 4 nitrogen and oxygen atoms in total. The first-order chi connectivity index (χ1) is 9.66. The second-order valence-electron chi connectivity index (χ2n) is 5.48. The molecule has 3 aliphatic rings. The number of rotatable bonds is 4. The number of carbonyl (C=O) groups excluding carboxylic acids is 1. The standard InChI is InChI=1S/C15H17NO3S/c17-14(16-8-11-2-1-7-20-11)12-9-3-5-10(6-4-9)13(12)15(18)19/h1-3,5,7,9-10,12-13H,4,6,8H2,(H,16,17)(H,18,19)/t9-,10+,12-,13+/m0/s1. The van der Waals surface area contributed by atoms with Crippen LogP contribution in [-0.2, 0) is 16.1 Å². The molecule has 0 spiro atoms. The number of thiophene rings is 1. The Morgan fingerprint density at radius 2 is 1.95 bits per heavy atom. The second-order valence-corrected chi connectivity index (χ2v) is 6.51. The lowest BCUT2D eigenvalue weighted by Gasteiger charge is -2.41. The van der Waals surface area contributed by atoms with Crippen molar-refractivity contribution in [1.82, 2.24) is 5.32 Å². The summed E-state index contributed by atoms with van der Waals surface area (Å²) in [5.74, 6) is -1.87. The molecule has 0 saturated heterocycles. The zero-order chi connectivity index (χ0) is 14.1. The van der Waals surface area contributed by atoms with E-state index in [1.807, 2.05) is 29.7 Å². The molecule has 2 bridgehead atoms. The first kappa shape index (κ1) is 13.4. The normalized spacial score (nSPS) is 31.2. The largest absolute Gasteiger partial charge is 0.481 e. The molecule has 1 heterocycles. The van der Waals surface area contributed by atoms with Crippen molar-refractivity contribution in [3.8, 4) is 0 Å². The number of fused-ring (bicyclic) bond motifs is 2. The fourth-order valence-electron chi connectivity index (χ4n) is 3.39. The number of carboxylic acid groups (broad SMARTS) is 1. The van der Waals surface area contributed by atoms with Crippen LogP contribution < -0.4 is 5.32 Å². The molecule has 1 amide bonds. The average molecular weight is 291 g/mol. The van der Waals surface area contributed by atoms with Crippen LogP contribution in [0.4, 0.5) is 0 Å². The summed E-state index contributed by atoms with van der Waals surface area (Å²) in [5.41, 5.74) is 0. The smallest absolute Gasteiger partial charge is 0.307 e. The van der Waals surface area contributed by atoms with Gasteiger partial charge in [0.05, 0.1) is 18.4 Å². The van der Waals surface area contributed by atoms with E-state index in [4.69, 9.17) is 0 Å². The number of carbonyl (C=O) groups is 2. The molecule has 1 aromatic heterocycles. The summed E-state index contributed by atoms with van der Waals surface area (Å²) in [6, 6.07) is 3.91. The molecule has 5 heteroatoms. The maximum atomic E-state index is 12.4. The summed E-state index contributed by atoms with van der Waals surface area (Å²) in [7, 11) is 0. The monoisotopic (exact) mass is 291 g/mol. The lowest BCUT2D eigenvalue weighted by atomic mass is 9.62. The lowest BCUT2D eigenvalue weighted by molar-refractivity contribution is -0.153. The molecule has 2 N–H and O–H groups in total. The van der Waals surface area contributed by atoms with E-state index in [9.17, 15) is 14.7 Å². The van der Waals surface area contributed by atoms with Gasteiger partial charge in [0.15, 0.2) is 0 Å². The van der Waals surface area contributed by atoms with E-state index in [2.05, 4.69) is 5.32 Å². The molecule has 1 aromatic rings. The van der Waals surface area contributed by atoms with Crippen LogP contribution in [-0.4, -0.2) is 17.0 Å². The van der Waals surface area contributed by atoms with E-state index < -0.39 is 17.8 Å². The van der Waals surface area contributed by atoms with E-state index in [-0.39, 0.29) is 17.7 Å². The van der Waals surface area contributed by atoms with Gasteiger partial charge in [0, 0.05) is 4.88 Å². The predicted octanol–water partition coefficient (Wildman–Crippen LogP) is 2.28. The maximum Gasteiger partial charge on any atom is 0.307 e. The van der Waals surface area contributed by atoms with Crippen molar-refractivity contribution in [3.63, 3.8) is 0 Å². The molecular weight excluding hydrogens is 274 g/mol. The van der Waals surface area contributed by atoms with Gasteiger partial charge in [-0.05, 0) is 36.1 Å². The van der Waals surface area contributed by atoms with E-state index in [0.717, 1.165) is 17.7 Å². The molecule has 3 aliphatic carbocycles. The summed E-state index contributed by atoms with van der Waals surface area (Å²) >= 11 is 1.59. The summed E-state index contributed by atoms with van der Waals surface area (Å²) in [4.78, 5) is 25.0. The fourth-order valence-corrected chi connectivity index (χ4v) is 4.04. The number of nitrogens with one attached hydrogen (secondary N) is 1. The average Bonchev–Trinajstić information content (AvgIpc) is 2.98. The van der Waals surface area contributed by atoms with Crippen molar-refractivity contribution in [1.29, 1.82) is 0 Å². The molecule has 1 fully saturated rings. The molecule has 1 saturated carbocycles. The highest BCUT2D eigenvalue weighted by atomic mass is 32.1. The van der Waals surface area contributed by atoms with Gasteiger partial charge in [-0.25, -0.2) is 0 Å². The number of allylic oxidation sites excluding steroid dienone is 2. The Morgan fingerprint density at radius 1 is 1.25 bits per heavy atom. The van der Waals surface area contributed by atoms with Gasteiger partial charge in [-0.15, -0.1) is 11.3 Å². The van der Waals surface area contributed by atoms with Gasteiger partial charge in [-0.2, -0.15) is 0 Å². The minimum absolute atomic E-state index is 0.00925. The van der Waals surface area contributed by atoms with Crippen LogP contribution in [0.3, 0.4) is 0 Å². The minimum atomic E-state index is -0.847. The van der Waals surface area contributed by atoms with Crippen molar-refractivity contribution in [3.05, 3.63) is 34.5 Å². The Hall–Kier alpha value is -1.62. The zero-order valence-electron chi connectivity index (χ0n) is 11.0. The molecule has 0 aromatic carbocycles. The lowest BCUT2D eigenvalue weighted by Crippen LogP contribution is -2.48. The van der Waals surface area contributed by atoms with Gasteiger partial charge >= 0.3 is 5.97 Å². The first-order valence-corrected chi connectivity index (χ1v) is 7.76. The van der Waals surface area contributed by atoms with Crippen LogP contribution >= 0.6 is 11.3 Å². The summed E-state index contributed by atoms with van der Waals surface area (Å²) in [5, 5.41) is 14.3. The highest BCUT2D eigenvalue weighted by Gasteiger charge is 2.48. The molecule has 4 atom stereocenters. The van der Waals surface area contributed by atoms with Crippen LogP contribution in [0.5, 0.6) is 0 Å². The molecule has 0 aliphatic heterocycles. The van der Waals surface area contributed by atoms with Gasteiger partial charge in [0.25, 0.3) is 0 Å². The third kappa shape index (κ3) is 2.38. The predicted molar refractivity (Wildman–Crippen MR) is 76.1 cm³/mol. The van der Waals surface area contributed by atoms with E-state index in [0.29, 0.717) is 6.54 Å². The number of carboxylic acids is 1. The molecule has 0 unspecified atom stereocenters. The second kappa shape index (κ2) is 5.40. The Morgan fingerprint density at radius 3 is 2.50 bits per heavy atom. The van der Waals surface area contributed by atoms with Gasteiger partial charge in [-0.1, -0.05) is 18.2 Å². The molecule has 106 valence electrons. The SMILES string of the molecule is O=C(NCc1cccs1)[C@@H]1[C@H](C(=O)O)[C@@H]2C=C[C@H]1CC2. The molecule has 20 heavy (non-hydrogen) atoms. The Kier molecular flexibility index (Phi) is 3.61. The number of aliphatic carboxylic acids is 1. The van der Waals surface area contributed by atoms with Crippen molar-refractivity contribution < 1.29 is 14.7 Å². The van der Waals surface area contributed by atoms with Crippen molar-refractivity contribution in [2.45, 2.75) is 19.4 Å². The Balaban J connectivity index is 1.72. The van der Waals surface area contributed by atoms with E-state index >= 15 is 0 Å². The number of amides is 1. The molecule has 0 radical (unpaired) electrons. The highest BCUT2D eigenvalue weighted by molar-refractivity contribution is 7.09. The summed E-state index contributed by atoms with van der Waals surface area (Å²) < 4.78 is 0. The summed E-state index contributed by atoms with van der Waals surface area (Å²) in [6.45, 7) is 0.487. The van der Waals surface area contributed by atoms with Gasteiger partial charge in [0.1, 0.15) is 0 Å². The third-order valence-electron chi connectivity index (χ3n) is 4.35. The van der Waals surface area contributed by atoms with Gasteiger partial charge in [0.2, 0.25) is 5.91 Å². The van der Waals surface area contributed by atoms with Crippen LogP contribution in [0.15, 0.2) is 29.7 Å². The maximum absolute atomic E-state index is 12.4. The first-order valence-electron chi connectivity index (χ1n) is 6.88. The van der Waals surface area contributed by atoms with Crippen LogP contribution in [0.2, 0.25) is 0 Å². The fraction of sp³-hybridized carbons (Fsp3) is 0.467. The van der Waals surface area contributed by atoms with Gasteiger partial charge in [-0.3, -0.25) is 9.59 Å². The summed E-state index contributed by atoms with van der Waals surface area (Å²) in [6.07, 6.45) is 5.81. The zero-order valence-corrected chi connectivity index (χ0v) is 11.8. The van der Waals surface area contributed by atoms with Crippen LogP contribution in [0, 0.1) is 23.7 Å². The van der Waals surface area contributed by atoms with Gasteiger partial charge < -0.3 is 10.4 Å². The van der Waals surface area contributed by atoms with Crippen molar-refractivity contribution in [2.75, 3.05) is 0 Å². The van der Waals surface area contributed by atoms with Crippen LogP contribution in [0.25, 0.3) is 0 Å². The van der Waals surface area contributed by atoms with Crippen molar-refractivity contribution >= 4 is 23.2 Å². The van der Waals surface area contributed by atoms with Crippen molar-refractivity contribution in [2.24, 2.45) is 23.7 Å². The minimum Gasteiger partial charge on any atom is -0.481 e. The van der Waals surface area contributed by atoms with E-state index in [1.54, 1.807) is 11.3 Å². The number of hydrogen-bond acceptors (Lipinski definition) is 3. The Labute approximate surface area is 121 Å². The highest BCUT2D eigenvalue weighted by Crippen LogP contribution is 2.45. The van der Waals surface area contributed by atoms with Crippen LogP contribution in [0.1, 0.15) is 17.7 Å². The van der Waals surface area contributed by atoms with E-state index in [1.165, 1.54) is 0 Å².